The maximum atomic E-state index is 5.24. The van der Waals surface area contributed by atoms with Crippen molar-refractivity contribution in [3.63, 3.8) is 0 Å². The molecule has 0 atom stereocenters. The predicted molar refractivity (Wildman–Crippen MR) is 44.4 cm³/mol. The van der Waals surface area contributed by atoms with E-state index in [1.165, 1.54) is 38.5 Å². The molecule has 1 rings (SSSR count). The second-order valence-electron chi connectivity index (χ2n) is 3.05. The van der Waals surface area contributed by atoms with Crippen LogP contribution in [0.5, 0.6) is 0 Å². The normalized spacial score (nSPS) is 21.5. The summed E-state index contributed by atoms with van der Waals surface area (Å²) in [5, 5.41) is 0. The van der Waals surface area contributed by atoms with E-state index in [9.17, 15) is 0 Å². The maximum absolute atomic E-state index is 5.24. The van der Waals surface area contributed by atoms with Crippen LogP contribution in [0.15, 0.2) is 0 Å². The summed E-state index contributed by atoms with van der Waals surface area (Å²) in [5.41, 5.74) is 0. The Hall–Kier alpha value is -0.440. The van der Waals surface area contributed by atoms with E-state index in [0.717, 1.165) is 6.42 Å². The Labute approximate surface area is 64.0 Å². The van der Waals surface area contributed by atoms with Gasteiger partial charge in [0.1, 0.15) is 0 Å². The smallest absolute Gasteiger partial charge is 0.0148 e. The predicted octanol–water partition coefficient (Wildman–Crippen LogP) is 2.94. The van der Waals surface area contributed by atoms with Crippen molar-refractivity contribution in [2.45, 2.75) is 44.9 Å². The molecule has 0 spiro atoms. The van der Waals surface area contributed by atoms with Crippen molar-refractivity contribution in [2.24, 2.45) is 0 Å². The Kier molecular flexibility index (Phi) is 3.36. The highest BCUT2D eigenvalue weighted by Crippen LogP contribution is 2.26. The van der Waals surface area contributed by atoms with Crippen molar-refractivity contribution in [2.75, 3.05) is 0 Å². The molecule has 55 valence electrons. The Bertz CT molecular complexity index is 110. The molecule has 0 heterocycles. The molecule has 1 fully saturated rings. The number of hydrogen-bond donors (Lipinski definition) is 0. The van der Waals surface area contributed by atoms with Gasteiger partial charge in [0, 0.05) is 6.42 Å². The minimum Gasteiger partial charge on any atom is -0.120 e. The second-order valence-corrected chi connectivity index (χ2v) is 3.05. The highest BCUT2D eigenvalue weighted by molar-refractivity contribution is 5.02. The lowest BCUT2D eigenvalue weighted by Gasteiger charge is -2.07. The van der Waals surface area contributed by atoms with Crippen LogP contribution in [0, 0.1) is 18.3 Å². The summed E-state index contributed by atoms with van der Waals surface area (Å²) >= 11 is 0. The van der Waals surface area contributed by atoms with Gasteiger partial charge in [0.25, 0.3) is 0 Å². The van der Waals surface area contributed by atoms with Gasteiger partial charge in [-0.15, -0.1) is 12.3 Å². The molecule has 0 heteroatoms. The fraction of sp³-hybridized carbons (Fsp3) is 0.700. The largest absolute Gasteiger partial charge is 0.120 e. The van der Waals surface area contributed by atoms with Gasteiger partial charge in [-0.3, -0.25) is 0 Å². The van der Waals surface area contributed by atoms with Crippen molar-refractivity contribution in [3.8, 4) is 12.3 Å². The summed E-state index contributed by atoms with van der Waals surface area (Å²) in [5.74, 6) is 4.34. The van der Waals surface area contributed by atoms with Crippen molar-refractivity contribution in [3.05, 3.63) is 5.92 Å². The molecule has 0 aromatic rings. The van der Waals surface area contributed by atoms with Gasteiger partial charge in [0.05, 0.1) is 0 Å². The molecule has 0 aliphatic heterocycles. The van der Waals surface area contributed by atoms with E-state index in [-0.39, 0.29) is 0 Å². The van der Waals surface area contributed by atoms with Crippen LogP contribution in [0.4, 0.5) is 0 Å². The van der Waals surface area contributed by atoms with Crippen LogP contribution in [-0.2, 0) is 0 Å². The fourth-order valence-corrected chi connectivity index (χ4v) is 1.55. The van der Waals surface area contributed by atoms with Crippen molar-refractivity contribution < 1.29 is 0 Å². The van der Waals surface area contributed by atoms with Gasteiger partial charge in [-0.2, -0.15) is 0 Å². The molecule has 1 aliphatic rings. The standard InChI is InChI=1S/C10H15/c1-2-7-10-8-5-3-4-6-9-10/h1H,3-9H2. The molecule has 1 saturated carbocycles. The molecule has 0 unspecified atom stereocenters. The minimum absolute atomic E-state index is 0.931. The van der Waals surface area contributed by atoms with E-state index in [0.29, 0.717) is 0 Å². The molecule has 0 nitrogen and oxygen atoms in total. The van der Waals surface area contributed by atoms with Gasteiger partial charge in [0.15, 0.2) is 0 Å². The molecule has 0 saturated heterocycles. The molecule has 1 aliphatic carbocycles. The van der Waals surface area contributed by atoms with Crippen molar-refractivity contribution in [1.82, 2.24) is 0 Å². The molecule has 0 amide bonds. The van der Waals surface area contributed by atoms with Crippen molar-refractivity contribution >= 4 is 0 Å². The molecular formula is C10H15. The average molecular weight is 135 g/mol. The topological polar surface area (TPSA) is 0 Å². The van der Waals surface area contributed by atoms with Gasteiger partial charge in [-0.25, -0.2) is 0 Å². The zero-order chi connectivity index (χ0) is 7.23. The van der Waals surface area contributed by atoms with Gasteiger partial charge >= 0.3 is 0 Å². The van der Waals surface area contributed by atoms with E-state index in [1.54, 1.807) is 5.92 Å². The third-order valence-electron chi connectivity index (χ3n) is 2.16. The Morgan fingerprint density at radius 1 is 1.10 bits per heavy atom. The number of terminal acetylenes is 1. The SMILES string of the molecule is C#CC[C]1CCCCCC1. The maximum Gasteiger partial charge on any atom is 0.0148 e. The first-order valence-electron chi connectivity index (χ1n) is 4.20. The fourth-order valence-electron chi connectivity index (χ4n) is 1.55. The monoisotopic (exact) mass is 135 g/mol. The zero-order valence-electron chi connectivity index (χ0n) is 6.53. The first-order chi connectivity index (χ1) is 4.93. The van der Waals surface area contributed by atoms with Crippen LogP contribution in [0.2, 0.25) is 0 Å². The van der Waals surface area contributed by atoms with Gasteiger partial charge in [0.2, 0.25) is 0 Å². The van der Waals surface area contributed by atoms with E-state index in [2.05, 4.69) is 5.92 Å². The van der Waals surface area contributed by atoms with Crippen LogP contribution in [0.3, 0.4) is 0 Å². The van der Waals surface area contributed by atoms with E-state index in [4.69, 9.17) is 6.42 Å². The highest BCUT2D eigenvalue weighted by Gasteiger charge is 2.10. The molecule has 0 aromatic carbocycles. The summed E-state index contributed by atoms with van der Waals surface area (Å²) in [7, 11) is 0. The minimum atomic E-state index is 0.931. The van der Waals surface area contributed by atoms with Crippen LogP contribution < -0.4 is 0 Å². The lowest BCUT2D eigenvalue weighted by Crippen LogP contribution is -1.92. The average Bonchev–Trinajstić information content (AvgIpc) is 2.17. The summed E-state index contributed by atoms with van der Waals surface area (Å²) in [6, 6.07) is 0. The Balaban J connectivity index is 2.23. The molecule has 0 bridgehead atoms. The summed E-state index contributed by atoms with van der Waals surface area (Å²) < 4.78 is 0. The lowest BCUT2D eigenvalue weighted by atomic mass is 9.97. The van der Waals surface area contributed by atoms with Crippen LogP contribution in [0.25, 0.3) is 0 Å². The Morgan fingerprint density at radius 2 is 1.70 bits per heavy atom. The van der Waals surface area contributed by atoms with Crippen LogP contribution in [-0.4, -0.2) is 0 Å². The van der Waals surface area contributed by atoms with E-state index >= 15 is 0 Å². The molecule has 0 N–H and O–H groups in total. The third-order valence-corrected chi connectivity index (χ3v) is 2.16. The zero-order valence-corrected chi connectivity index (χ0v) is 6.53. The number of rotatable bonds is 1. The van der Waals surface area contributed by atoms with Crippen molar-refractivity contribution in [1.29, 1.82) is 0 Å². The van der Waals surface area contributed by atoms with Gasteiger partial charge in [-0.1, -0.05) is 25.7 Å². The first-order valence-corrected chi connectivity index (χ1v) is 4.20. The molecule has 1 radical (unpaired) electrons. The molecule has 0 aromatic heterocycles. The molecular weight excluding hydrogens is 120 g/mol. The van der Waals surface area contributed by atoms with Crippen LogP contribution in [0.1, 0.15) is 44.9 Å². The lowest BCUT2D eigenvalue weighted by molar-refractivity contribution is 0.702. The highest BCUT2D eigenvalue weighted by atomic mass is 14.1. The van der Waals surface area contributed by atoms with Gasteiger partial charge < -0.3 is 0 Å². The quantitative estimate of drug-likeness (QED) is 0.383. The first kappa shape index (κ1) is 7.66. The van der Waals surface area contributed by atoms with Crippen LogP contribution >= 0.6 is 0 Å². The summed E-state index contributed by atoms with van der Waals surface area (Å²) in [6.07, 6.45) is 14.3. The summed E-state index contributed by atoms with van der Waals surface area (Å²) in [4.78, 5) is 0. The van der Waals surface area contributed by atoms with E-state index in [1.807, 2.05) is 0 Å². The summed E-state index contributed by atoms with van der Waals surface area (Å²) in [6.45, 7) is 0. The third kappa shape index (κ3) is 2.43. The number of hydrogen-bond acceptors (Lipinski definition) is 0. The van der Waals surface area contributed by atoms with E-state index < -0.39 is 0 Å². The second kappa shape index (κ2) is 4.39. The molecule has 10 heavy (non-hydrogen) atoms. The Morgan fingerprint density at radius 3 is 2.20 bits per heavy atom. The van der Waals surface area contributed by atoms with Gasteiger partial charge in [-0.05, 0) is 18.8 Å².